The molecule has 2 heteroatoms. The van der Waals surface area contributed by atoms with Crippen molar-refractivity contribution >= 4 is 5.69 Å². The van der Waals surface area contributed by atoms with Gasteiger partial charge in [0, 0.05) is 18.2 Å². The van der Waals surface area contributed by atoms with Crippen LogP contribution >= 0.6 is 0 Å². The lowest BCUT2D eigenvalue weighted by atomic mass is 9.98. The molecule has 0 heterocycles. The second-order valence-electron chi connectivity index (χ2n) is 4.17. The van der Waals surface area contributed by atoms with Gasteiger partial charge in [-0.05, 0) is 19.1 Å². The Morgan fingerprint density at radius 3 is 2.50 bits per heavy atom. The summed E-state index contributed by atoms with van der Waals surface area (Å²) in [4.78, 5) is 0. The Morgan fingerprint density at radius 2 is 1.81 bits per heavy atom. The van der Waals surface area contributed by atoms with Crippen molar-refractivity contribution in [2.45, 2.75) is 13.0 Å². The third-order valence-electron chi connectivity index (χ3n) is 2.81. The second-order valence-corrected chi connectivity index (χ2v) is 4.17. The minimum Gasteiger partial charge on any atom is -0.388 e. The van der Waals surface area contributed by atoms with Crippen molar-refractivity contribution in [2.75, 3.05) is 11.9 Å². The molecule has 84 valence electrons. The van der Waals surface area contributed by atoms with Crippen molar-refractivity contribution in [3.05, 3.63) is 54.1 Å². The predicted molar refractivity (Wildman–Crippen MR) is 67.4 cm³/mol. The van der Waals surface area contributed by atoms with Crippen LogP contribution in [0.2, 0.25) is 0 Å². The van der Waals surface area contributed by atoms with E-state index in [0.717, 1.165) is 12.2 Å². The molecular weight excluding hydrogens is 198 g/mol. The Balaban J connectivity index is 1.90. The van der Waals surface area contributed by atoms with Gasteiger partial charge in [0.25, 0.3) is 0 Å². The number of hydrogen-bond donors (Lipinski definition) is 2. The van der Waals surface area contributed by atoms with Gasteiger partial charge < -0.3 is 10.4 Å². The van der Waals surface area contributed by atoms with Gasteiger partial charge in [-0.15, -0.1) is 0 Å². The maximum atomic E-state index is 9.71. The fraction of sp³-hybridized carbons (Fsp3) is 0.286. The summed E-state index contributed by atoms with van der Waals surface area (Å²) >= 11 is 0. The highest BCUT2D eigenvalue weighted by molar-refractivity contribution is 5.44. The average molecular weight is 215 g/mol. The molecule has 0 radical (unpaired) electrons. The van der Waals surface area contributed by atoms with Gasteiger partial charge in [0.2, 0.25) is 0 Å². The average Bonchev–Trinajstić information content (AvgIpc) is 2.30. The van der Waals surface area contributed by atoms with E-state index in [1.165, 1.54) is 5.56 Å². The van der Waals surface area contributed by atoms with E-state index in [9.17, 15) is 5.11 Å². The molecule has 0 aromatic heterocycles. The molecule has 16 heavy (non-hydrogen) atoms. The Hall–Kier alpha value is -1.54. The van der Waals surface area contributed by atoms with E-state index in [1.54, 1.807) is 0 Å². The first-order valence-corrected chi connectivity index (χ1v) is 5.59. The van der Waals surface area contributed by atoms with Gasteiger partial charge in [0.15, 0.2) is 0 Å². The molecule has 1 aliphatic carbocycles. The van der Waals surface area contributed by atoms with Crippen molar-refractivity contribution in [3.8, 4) is 0 Å². The van der Waals surface area contributed by atoms with Crippen molar-refractivity contribution < 1.29 is 5.11 Å². The molecule has 0 aliphatic heterocycles. The van der Waals surface area contributed by atoms with Gasteiger partial charge in [0.1, 0.15) is 0 Å². The van der Waals surface area contributed by atoms with Gasteiger partial charge in [0.05, 0.1) is 6.10 Å². The van der Waals surface area contributed by atoms with Crippen LogP contribution in [-0.2, 0) is 0 Å². The quantitative estimate of drug-likeness (QED) is 0.812. The first kappa shape index (κ1) is 11.0. The largest absolute Gasteiger partial charge is 0.388 e. The summed E-state index contributed by atoms with van der Waals surface area (Å²) in [5, 5.41) is 13.0. The number of benzene rings is 1. The predicted octanol–water partition coefficient (Wildman–Crippen LogP) is 2.51. The minimum atomic E-state index is -0.372. The molecule has 2 atom stereocenters. The lowest BCUT2D eigenvalue weighted by Crippen LogP contribution is -2.25. The topological polar surface area (TPSA) is 32.3 Å². The van der Waals surface area contributed by atoms with Crippen LogP contribution in [0.4, 0.5) is 5.69 Å². The van der Waals surface area contributed by atoms with Gasteiger partial charge in [-0.1, -0.05) is 42.0 Å². The third-order valence-corrected chi connectivity index (χ3v) is 2.81. The smallest absolute Gasteiger partial charge is 0.0803 e. The van der Waals surface area contributed by atoms with Gasteiger partial charge in [-0.2, -0.15) is 0 Å². The van der Waals surface area contributed by atoms with Crippen molar-refractivity contribution in [2.24, 2.45) is 5.92 Å². The SMILES string of the molecule is Cc1ccc(NCC2C=CC=CC2O)cc1. The molecular formula is C14H17NO. The molecule has 1 aromatic carbocycles. The molecule has 0 saturated heterocycles. The standard InChI is InChI=1S/C14H17NO/c1-11-6-8-13(9-7-11)15-10-12-4-2-3-5-14(12)16/h2-9,12,14-16H,10H2,1H3. The summed E-state index contributed by atoms with van der Waals surface area (Å²) < 4.78 is 0. The zero-order valence-electron chi connectivity index (χ0n) is 9.43. The van der Waals surface area contributed by atoms with Crippen molar-refractivity contribution in [3.63, 3.8) is 0 Å². The maximum Gasteiger partial charge on any atom is 0.0803 e. The fourth-order valence-corrected chi connectivity index (χ4v) is 1.74. The minimum absolute atomic E-state index is 0.159. The van der Waals surface area contributed by atoms with Gasteiger partial charge in [-0.25, -0.2) is 0 Å². The number of nitrogens with one attached hydrogen (secondary N) is 1. The van der Waals surface area contributed by atoms with Crippen LogP contribution in [0.25, 0.3) is 0 Å². The number of anilines is 1. The van der Waals surface area contributed by atoms with E-state index in [4.69, 9.17) is 0 Å². The zero-order valence-corrected chi connectivity index (χ0v) is 9.43. The van der Waals surface area contributed by atoms with Crippen LogP contribution < -0.4 is 5.32 Å². The Labute approximate surface area is 96.3 Å². The Morgan fingerprint density at radius 1 is 1.12 bits per heavy atom. The van der Waals surface area contributed by atoms with Crippen LogP contribution in [-0.4, -0.2) is 17.8 Å². The molecule has 2 N–H and O–H groups in total. The lowest BCUT2D eigenvalue weighted by molar-refractivity contribution is 0.180. The van der Waals surface area contributed by atoms with Crippen molar-refractivity contribution in [1.29, 1.82) is 0 Å². The second kappa shape index (κ2) is 4.99. The number of aliphatic hydroxyl groups is 1. The Kier molecular flexibility index (Phi) is 3.42. The van der Waals surface area contributed by atoms with Crippen LogP contribution in [0.15, 0.2) is 48.6 Å². The molecule has 0 amide bonds. The highest BCUT2D eigenvalue weighted by Gasteiger charge is 2.14. The zero-order chi connectivity index (χ0) is 11.4. The van der Waals surface area contributed by atoms with Crippen LogP contribution in [0, 0.1) is 12.8 Å². The van der Waals surface area contributed by atoms with Crippen molar-refractivity contribution in [1.82, 2.24) is 0 Å². The lowest BCUT2D eigenvalue weighted by Gasteiger charge is -2.20. The van der Waals surface area contributed by atoms with Crippen LogP contribution in [0.1, 0.15) is 5.56 Å². The maximum absolute atomic E-state index is 9.71. The molecule has 2 nitrogen and oxygen atoms in total. The van der Waals surface area contributed by atoms with E-state index < -0.39 is 0 Å². The number of rotatable bonds is 3. The monoisotopic (exact) mass is 215 g/mol. The number of allylic oxidation sites excluding steroid dienone is 2. The molecule has 0 spiro atoms. The summed E-state index contributed by atoms with van der Waals surface area (Å²) in [5.41, 5.74) is 2.35. The molecule has 0 bridgehead atoms. The van der Waals surface area contributed by atoms with E-state index in [0.29, 0.717) is 0 Å². The number of hydrogen-bond acceptors (Lipinski definition) is 2. The highest BCUT2D eigenvalue weighted by Crippen LogP contribution is 2.15. The molecule has 1 aliphatic rings. The summed E-state index contributed by atoms with van der Waals surface area (Å²) in [6, 6.07) is 8.28. The molecule has 0 fully saturated rings. The molecule has 1 aromatic rings. The van der Waals surface area contributed by atoms with E-state index in [1.807, 2.05) is 24.3 Å². The first-order valence-electron chi connectivity index (χ1n) is 5.59. The summed E-state index contributed by atoms with van der Waals surface area (Å²) in [5.74, 6) is 0.159. The normalized spacial score (nSPS) is 23.4. The molecule has 2 rings (SSSR count). The molecule has 2 unspecified atom stereocenters. The Bertz CT molecular complexity index is 392. The number of aliphatic hydroxyl groups excluding tert-OH is 1. The van der Waals surface area contributed by atoms with E-state index in [-0.39, 0.29) is 12.0 Å². The highest BCUT2D eigenvalue weighted by atomic mass is 16.3. The third kappa shape index (κ3) is 2.74. The number of aryl methyl sites for hydroxylation is 1. The van der Waals surface area contributed by atoms with E-state index >= 15 is 0 Å². The van der Waals surface area contributed by atoms with Crippen LogP contribution in [0.5, 0.6) is 0 Å². The van der Waals surface area contributed by atoms with E-state index in [2.05, 4.69) is 36.5 Å². The first-order chi connectivity index (χ1) is 7.75. The van der Waals surface area contributed by atoms with Gasteiger partial charge >= 0.3 is 0 Å². The fourth-order valence-electron chi connectivity index (χ4n) is 1.74. The summed E-state index contributed by atoms with van der Waals surface area (Å²) in [6.07, 6.45) is 7.34. The summed E-state index contributed by atoms with van der Waals surface area (Å²) in [7, 11) is 0. The van der Waals surface area contributed by atoms with Crippen LogP contribution in [0.3, 0.4) is 0 Å². The molecule has 0 saturated carbocycles. The summed E-state index contributed by atoms with van der Waals surface area (Å²) in [6.45, 7) is 2.83. The van der Waals surface area contributed by atoms with Gasteiger partial charge in [-0.3, -0.25) is 0 Å².